The van der Waals surface area contributed by atoms with Gasteiger partial charge in [-0.1, -0.05) is 67.2 Å². The lowest BCUT2D eigenvalue weighted by molar-refractivity contribution is -0.127. The zero-order valence-corrected chi connectivity index (χ0v) is 21.7. The van der Waals surface area contributed by atoms with Crippen molar-refractivity contribution >= 4 is 40.5 Å². The quantitative estimate of drug-likeness (QED) is 0.488. The zero-order chi connectivity index (χ0) is 24.8. The third-order valence-corrected chi connectivity index (χ3v) is 7.31. The van der Waals surface area contributed by atoms with Gasteiger partial charge in [-0.2, -0.15) is 0 Å². The fraction of sp³-hybridized carbons (Fsp3) is 0.429. The summed E-state index contributed by atoms with van der Waals surface area (Å²) in [6, 6.07) is 13.8. The number of aryl methyl sites for hydroxylation is 1. The third-order valence-electron chi connectivity index (χ3n) is 6.77. The minimum atomic E-state index is -0.131. The van der Waals surface area contributed by atoms with E-state index in [0.717, 1.165) is 57.3 Å². The van der Waals surface area contributed by atoms with Gasteiger partial charge in [-0.25, -0.2) is 0 Å². The van der Waals surface area contributed by atoms with Gasteiger partial charge in [0.2, 0.25) is 0 Å². The molecule has 1 atom stereocenters. The lowest BCUT2D eigenvalue weighted by Crippen LogP contribution is -2.40. The molecule has 2 aromatic carbocycles. The first kappa shape index (κ1) is 25.7. The smallest absolute Gasteiger partial charge is 0.270 e. The molecular weight excluding hydrogens is 481 g/mol. The monoisotopic (exact) mass is 513 g/mol. The average molecular weight is 514 g/mol. The van der Waals surface area contributed by atoms with Crippen LogP contribution >= 0.6 is 23.2 Å². The summed E-state index contributed by atoms with van der Waals surface area (Å²) in [4.78, 5) is 20.2. The van der Waals surface area contributed by atoms with Gasteiger partial charge in [0.25, 0.3) is 5.91 Å². The van der Waals surface area contributed by atoms with E-state index < -0.39 is 0 Å². The van der Waals surface area contributed by atoms with Crippen LogP contribution in [0.5, 0.6) is 0 Å². The zero-order valence-electron chi connectivity index (χ0n) is 20.2. The molecule has 2 aliphatic heterocycles. The minimum absolute atomic E-state index is 0.0616. The molecule has 0 bridgehead atoms. The van der Waals surface area contributed by atoms with Crippen LogP contribution in [0.15, 0.2) is 58.7 Å². The normalized spacial score (nSPS) is 21.6. The number of hydrogen-bond acceptors (Lipinski definition) is 4. The molecule has 2 aliphatic rings. The Morgan fingerprint density at radius 1 is 1.06 bits per heavy atom. The second-order valence-corrected chi connectivity index (χ2v) is 10.1. The van der Waals surface area contributed by atoms with Crippen molar-refractivity contribution in [3.63, 3.8) is 0 Å². The van der Waals surface area contributed by atoms with Gasteiger partial charge in [-0.05, 0) is 55.0 Å². The molecule has 1 unspecified atom stereocenters. The second kappa shape index (κ2) is 12.1. The number of hydrogen-bond donors (Lipinski definition) is 1. The van der Waals surface area contributed by atoms with Crippen LogP contribution in [0.2, 0.25) is 10.0 Å². The Hall–Kier alpha value is -2.34. The molecule has 2 saturated heterocycles. The molecule has 0 saturated carbocycles. The topological polar surface area (TPSA) is 67.9 Å². The molecule has 35 heavy (non-hydrogen) atoms. The van der Waals surface area contributed by atoms with Crippen LogP contribution in [0.3, 0.4) is 0 Å². The highest BCUT2D eigenvalue weighted by molar-refractivity contribution is 6.36. The molecule has 7 heteroatoms. The minimum Gasteiger partial charge on any atom is -0.394 e. The van der Waals surface area contributed by atoms with Gasteiger partial charge in [-0.15, -0.1) is 0 Å². The molecule has 2 N–H and O–H groups in total. The van der Waals surface area contributed by atoms with E-state index in [1.165, 1.54) is 11.1 Å². The maximum absolute atomic E-state index is 13.4. The standard InChI is InChI=1S/C28H33Cl2N3O2/c1-2-19-7-9-20(10-8-19)15-21-17-35-18-23(26(31)28(34)33-13-5-3-4-6-14-33)27(21)32-25-12-11-22(29)16-24(25)30/h7-12,16,21H,2-6,13-15,17-18,31H2,1H3. The van der Waals surface area contributed by atoms with Gasteiger partial charge < -0.3 is 15.4 Å². The predicted molar refractivity (Wildman–Crippen MR) is 144 cm³/mol. The van der Waals surface area contributed by atoms with E-state index in [9.17, 15) is 4.79 Å². The van der Waals surface area contributed by atoms with Crippen molar-refractivity contribution in [3.05, 3.63) is 74.9 Å². The van der Waals surface area contributed by atoms with Crippen LogP contribution in [0.25, 0.3) is 0 Å². The Bertz CT molecular complexity index is 1100. The number of nitrogens with zero attached hydrogens (tertiary/aromatic N) is 2. The first-order valence-corrected chi connectivity index (χ1v) is 13.2. The third kappa shape index (κ3) is 6.46. The lowest BCUT2D eigenvalue weighted by Gasteiger charge is -2.29. The first-order valence-electron chi connectivity index (χ1n) is 12.4. The largest absolute Gasteiger partial charge is 0.394 e. The van der Waals surface area contributed by atoms with Crippen LogP contribution in [0, 0.1) is 5.92 Å². The molecule has 2 fully saturated rings. The fourth-order valence-electron chi connectivity index (χ4n) is 4.70. The van der Waals surface area contributed by atoms with Gasteiger partial charge in [0, 0.05) is 29.6 Å². The highest BCUT2D eigenvalue weighted by atomic mass is 35.5. The SMILES string of the molecule is CCc1ccc(CC2COCC(=C(N)C(=O)N3CCCCCC3)C2=Nc2ccc(Cl)cc2Cl)cc1. The highest BCUT2D eigenvalue weighted by Crippen LogP contribution is 2.32. The molecule has 0 radical (unpaired) electrons. The average Bonchev–Trinajstić information content (AvgIpc) is 3.16. The van der Waals surface area contributed by atoms with Gasteiger partial charge in [0.1, 0.15) is 5.70 Å². The number of nitrogens with two attached hydrogens (primary N) is 1. The Morgan fingerprint density at radius 2 is 1.74 bits per heavy atom. The summed E-state index contributed by atoms with van der Waals surface area (Å²) >= 11 is 12.6. The number of aliphatic imine (C=N–C) groups is 1. The van der Waals surface area contributed by atoms with E-state index in [1.807, 2.05) is 4.90 Å². The van der Waals surface area contributed by atoms with E-state index in [2.05, 4.69) is 31.2 Å². The van der Waals surface area contributed by atoms with E-state index >= 15 is 0 Å². The second-order valence-electron chi connectivity index (χ2n) is 9.28. The number of benzene rings is 2. The molecule has 2 aromatic rings. The maximum atomic E-state index is 13.4. The maximum Gasteiger partial charge on any atom is 0.270 e. The van der Waals surface area contributed by atoms with Gasteiger partial charge in [-0.3, -0.25) is 9.79 Å². The molecule has 4 rings (SSSR count). The van der Waals surface area contributed by atoms with Crippen molar-refractivity contribution in [3.8, 4) is 0 Å². The summed E-state index contributed by atoms with van der Waals surface area (Å²) < 4.78 is 5.97. The number of halogens is 2. The number of ether oxygens (including phenoxy) is 1. The van der Waals surface area contributed by atoms with Crippen LogP contribution in [0.4, 0.5) is 5.69 Å². The summed E-state index contributed by atoms with van der Waals surface area (Å²) in [5.74, 6) is -0.193. The molecule has 186 valence electrons. The van der Waals surface area contributed by atoms with Crippen LogP contribution in [0.1, 0.15) is 43.7 Å². The van der Waals surface area contributed by atoms with Crippen molar-refractivity contribution in [2.24, 2.45) is 16.6 Å². The number of rotatable bonds is 5. The first-order chi connectivity index (χ1) is 17.0. The predicted octanol–water partition coefficient (Wildman–Crippen LogP) is 6.13. The molecule has 5 nitrogen and oxygen atoms in total. The fourth-order valence-corrected chi connectivity index (χ4v) is 5.15. The number of likely N-dealkylation sites (tertiary alicyclic amines) is 1. The van der Waals surface area contributed by atoms with Crippen molar-refractivity contribution in [2.45, 2.75) is 45.4 Å². The number of amides is 1. The van der Waals surface area contributed by atoms with Gasteiger partial charge in [0.15, 0.2) is 0 Å². The van der Waals surface area contributed by atoms with Crippen LogP contribution in [-0.4, -0.2) is 42.8 Å². The summed E-state index contributed by atoms with van der Waals surface area (Å²) in [7, 11) is 0. The van der Waals surface area contributed by atoms with E-state index in [4.69, 9.17) is 38.7 Å². The van der Waals surface area contributed by atoms with Crippen LogP contribution in [-0.2, 0) is 22.4 Å². The Morgan fingerprint density at radius 3 is 2.40 bits per heavy atom. The van der Waals surface area contributed by atoms with Crippen molar-refractivity contribution in [2.75, 3.05) is 26.3 Å². The number of carbonyl (C=O) groups is 1. The Labute approximate surface area is 218 Å². The van der Waals surface area contributed by atoms with Crippen molar-refractivity contribution in [1.29, 1.82) is 0 Å². The molecule has 0 spiro atoms. The summed E-state index contributed by atoms with van der Waals surface area (Å²) in [5, 5.41) is 1.00. The highest BCUT2D eigenvalue weighted by Gasteiger charge is 2.31. The van der Waals surface area contributed by atoms with E-state index in [1.54, 1.807) is 18.2 Å². The number of carbonyl (C=O) groups excluding carboxylic acids is 1. The molecule has 0 aliphatic carbocycles. The van der Waals surface area contributed by atoms with Crippen molar-refractivity contribution < 1.29 is 9.53 Å². The van der Waals surface area contributed by atoms with E-state index in [0.29, 0.717) is 27.9 Å². The summed E-state index contributed by atoms with van der Waals surface area (Å²) in [6.07, 6.45) is 6.01. The molecule has 1 amide bonds. The molecular formula is C28H33Cl2N3O2. The van der Waals surface area contributed by atoms with Crippen LogP contribution < -0.4 is 5.73 Å². The Kier molecular flexibility index (Phi) is 8.88. The summed E-state index contributed by atoms with van der Waals surface area (Å²) in [5.41, 5.74) is 11.3. The lowest BCUT2D eigenvalue weighted by atomic mass is 9.87. The van der Waals surface area contributed by atoms with Gasteiger partial charge >= 0.3 is 0 Å². The van der Waals surface area contributed by atoms with E-state index in [-0.39, 0.29) is 24.1 Å². The molecule has 0 aromatic heterocycles. The van der Waals surface area contributed by atoms with Crippen molar-refractivity contribution in [1.82, 2.24) is 4.90 Å². The summed E-state index contributed by atoms with van der Waals surface area (Å²) in [6.45, 7) is 4.35. The van der Waals surface area contributed by atoms with Gasteiger partial charge in [0.05, 0.1) is 29.6 Å². The Balaban J connectivity index is 1.72. The molecule has 2 heterocycles.